The monoisotopic (exact) mass is 230 g/mol. The zero-order valence-electron chi connectivity index (χ0n) is 3.81. The van der Waals surface area contributed by atoms with Crippen molar-refractivity contribution in [3.8, 4) is 0 Å². The lowest BCUT2D eigenvalue weighted by Gasteiger charge is -1.68. The Morgan fingerprint density at radius 3 is 1.50 bits per heavy atom. The Morgan fingerprint density at radius 2 is 1.50 bits per heavy atom. The van der Waals surface area contributed by atoms with E-state index in [1.54, 1.807) is 0 Å². The molecular weight excluding hydrogens is 223 g/mol. The smallest absolute Gasteiger partial charge is 0.118 e. The molecule has 0 aromatic rings. The minimum atomic E-state index is 0. The third kappa shape index (κ3) is 17.8. The maximum Gasteiger partial charge on any atom is 0.118 e. The van der Waals surface area contributed by atoms with Gasteiger partial charge in [-0.05, 0) is 0 Å². The van der Waals surface area contributed by atoms with Crippen LogP contribution in [-0.4, -0.2) is 16.3 Å². The number of halogens is 2. The molecule has 2 radical (unpaired) electrons. The summed E-state index contributed by atoms with van der Waals surface area (Å²) in [5.41, 5.74) is 0. The predicted molar refractivity (Wildman–Crippen MR) is 41.5 cm³/mol. The highest BCUT2D eigenvalue weighted by atomic mass is 79.9. The summed E-state index contributed by atoms with van der Waals surface area (Å²) < 4.78 is 0. The normalized spacial score (nSPS) is 4.83. The van der Waals surface area contributed by atoms with Crippen molar-refractivity contribution < 1.29 is 0 Å². The molecule has 0 amide bonds. The van der Waals surface area contributed by atoms with Crippen LogP contribution in [0.15, 0.2) is 0 Å². The molecule has 0 aliphatic heterocycles. The third-order valence-corrected chi connectivity index (χ3v) is 0.866. The van der Waals surface area contributed by atoms with Crippen LogP contribution in [0.2, 0.25) is 5.28 Å². The van der Waals surface area contributed by atoms with Crippen LogP contribution in [-0.2, 0) is 0 Å². The standard InChI is InChI=1S/C3H7.Al.2BrH/c1-3-2;;;/h1,3H2,2H3;;2*1H. The molecule has 0 nitrogen and oxygen atoms in total. The average molecular weight is 232 g/mol. The lowest BCUT2D eigenvalue weighted by molar-refractivity contribution is 1.08. The molecule has 0 atom stereocenters. The third-order valence-electron chi connectivity index (χ3n) is 0.289. The first-order chi connectivity index (χ1) is 1.91. The molecule has 6 heavy (non-hydrogen) atoms. The maximum atomic E-state index is 2.66. The molecule has 0 unspecified atom stereocenters. The number of hydrogen-bond acceptors (Lipinski definition) is 0. The van der Waals surface area contributed by atoms with Crippen LogP contribution in [0, 0.1) is 0 Å². The van der Waals surface area contributed by atoms with Gasteiger partial charge in [0, 0.05) is 0 Å². The first-order valence-corrected chi connectivity index (χ1v) is 2.43. The Labute approximate surface area is 68.7 Å². The van der Waals surface area contributed by atoms with E-state index in [1.165, 1.54) is 11.7 Å². The van der Waals surface area contributed by atoms with Crippen molar-refractivity contribution in [2.24, 2.45) is 0 Å². The molecule has 0 rings (SSSR count). The SMILES string of the molecule is Br.Br.CC[CH2][Al]. The molecule has 0 saturated heterocycles. The van der Waals surface area contributed by atoms with Gasteiger partial charge in [0.2, 0.25) is 0 Å². The van der Waals surface area contributed by atoms with Gasteiger partial charge in [-0.3, -0.25) is 0 Å². The van der Waals surface area contributed by atoms with Gasteiger partial charge in [0.15, 0.2) is 0 Å². The van der Waals surface area contributed by atoms with Crippen molar-refractivity contribution >= 4 is 50.3 Å². The van der Waals surface area contributed by atoms with E-state index in [9.17, 15) is 0 Å². The molecule has 0 saturated carbocycles. The molecule has 0 N–H and O–H groups in total. The summed E-state index contributed by atoms with van der Waals surface area (Å²) in [6, 6.07) is 0. The van der Waals surface area contributed by atoms with Crippen LogP contribution < -0.4 is 0 Å². The lowest BCUT2D eigenvalue weighted by atomic mass is 10.6. The zero-order valence-corrected chi connectivity index (χ0v) is 8.39. The topological polar surface area (TPSA) is 0 Å². The largest absolute Gasteiger partial charge is 0.118 e. The van der Waals surface area contributed by atoms with E-state index in [2.05, 4.69) is 23.2 Å². The summed E-state index contributed by atoms with van der Waals surface area (Å²) in [6.45, 7) is 2.16. The Hall–Kier alpha value is 1.49. The molecule has 0 aromatic carbocycles. The number of rotatable bonds is 1. The first-order valence-electron chi connectivity index (χ1n) is 1.62. The molecule has 3 heteroatoms. The Morgan fingerprint density at radius 1 is 1.33 bits per heavy atom. The van der Waals surface area contributed by atoms with Crippen molar-refractivity contribution in [2.45, 2.75) is 18.6 Å². The van der Waals surface area contributed by atoms with E-state index >= 15 is 0 Å². The van der Waals surface area contributed by atoms with Gasteiger partial charge in [0.05, 0.1) is 0 Å². The molecule has 0 bridgehead atoms. The van der Waals surface area contributed by atoms with Crippen LogP contribution in [0.4, 0.5) is 0 Å². The fraction of sp³-hybridized carbons (Fsp3) is 1.00. The Balaban J connectivity index is -0.0000000450. The van der Waals surface area contributed by atoms with Crippen LogP contribution in [0.3, 0.4) is 0 Å². The highest BCUT2D eigenvalue weighted by Crippen LogP contribution is 1.73. The average Bonchev–Trinajstić information content (AvgIpc) is 1.37. The molecule has 0 aromatic heterocycles. The van der Waals surface area contributed by atoms with Crippen LogP contribution in [0.5, 0.6) is 0 Å². The highest BCUT2D eigenvalue weighted by Gasteiger charge is 1.56. The van der Waals surface area contributed by atoms with Crippen LogP contribution >= 0.6 is 34.0 Å². The van der Waals surface area contributed by atoms with Crippen molar-refractivity contribution in [1.29, 1.82) is 0 Å². The fourth-order valence-electron chi connectivity index (χ4n) is 0. The Bertz CT molecular complexity index is 10.8. The van der Waals surface area contributed by atoms with Crippen molar-refractivity contribution in [3.63, 3.8) is 0 Å². The molecule has 0 aliphatic carbocycles. The van der Waals surface area contributed by atoms with Crippen molar-refractivity contribution in [1.82, 2.24) is 0 Å². The molecular formula is C3H9AlBr2. The lowest BCUT2D eigenvalue weighted by Crippen LogP contribution is -1.55. The van der Waals surface area contributed by atoms with Gasteiger partial charge in [0.1, 0.15) is 16.3 Å². The van der Waals surface area contributed by atoms with Crippen molar-refractivity contribution in [2.75, 3.05) is 0 Å². The van der Waals surface area contributed by atoms with E-state index in [-0.39, 0.29) is 34.0 Å². The minimum absolute atomic E-state index is 0. The second kappa shape index (κ2) is 16.1. The summed E-state index contributed by atoms with van der Waals surface area (Å²) in [6.07, 6.45) is 1.28. The van der Waals surface area contributed by atoms with Gasteiger partial charge in [-0.2, -0.15) is 0 Å². The maximum absolute atomic E-state index is 2.66. The summed E-state index contributed by atoms with van der Waals surface area (Å²) in [5.74, 6) is 0. The quantitative estimate of drug-likeness (QED) is 0.607. The van der Waals surface area contributed by atoms with Crippen molar-refractivity contribution in [3.05, 3.63) is 0 Å². The van der Waals surface area contributed by atoms with Crippen LogP contribution in [0.25, 0.3) is 0 Å². The fourth-order valence-corrected chi connectivity index (χ4v) is 0. The highest BCUT2D eigenvalue weighted by molar-refractivity contribution is 8.93. The van der Waals surface area contributed by atoms with Crippen LogP contribution in [0.1, 0.15) is 13.3 Å². The van der Waals surface area contributed by atoms with Gasteiger partial charge in [-0.1, -0.05) is 13.3 Å². The molecule has 0 spiro atoms. The molecule has 0 fully saturated rings. The summed E-state index contributed by atoms with van der Waals surface area (Å²) in [7, 11) is 0. The summed E-state index contributed by atoms with van der Waals surface area (Å²) in [5, 5.41) is 1.24. The second-order valence-corrected chi connectivity index (χ2v) is 1.37. The van der Waals surface area contributed by atoms with E-state index in [0.717, 1.165) is 0 Å². The number of hydrogen-bond donors (Lipinski definition) is 0. The predicted octanol–water partition coefficient (Wildman–Crippen LogP) is 2.14. The summed E-state index contributed by atoms with van der Waals surface area (Å²) in [4.78, 5) is 0. The van der Waals surface area contributed by atoms with E-state index in [0.29, 0.717) is 0 Å². The van der Waals surface area contributed by atoms with E-state index in [4.69, 9.17) is 0 Å². The first kappa shape index (κ1) is 15.6. The summed E-state index contributed by atoms with van der Waals surface area (Å²) >= 11 is 2.66. The molecule has 0 heterocycles. The minimum Gasteiger partial charge on any atom is -0.118 e. The van der Waals surface area contributed by atoms with Gasteiger partial charge >= 0.3 is 0 Å². The van der Waals surface area contributed by atoms with E-state index in [1.807, 2.05) is 0 Å². The molecule has 38 valence electrons. The van der Waals surface area contributed by atoms with Gasteiger partial charge in [0.25, 0.3) is 0 Å². The van der Waals surface area contributed by atoms with E-state index < -0.39 is 0 Å². The Kier molecular flexibility index (Phi) is 41.9. The van der Waals surface area contributed by atoms with Gasteiger partial charge < -0.3 is 0 Å². The molecule has 0 aliphatic rings. The van der Waals surface area contributed by atoms with Gasteiger partial charge in [-0.15, -0.1) is 39.2 Å². The van der Waals surface area contributed by atoms with Gasteiger partial charge in [-0.25, -0.2) is 0 Å². The second-order valence-electron chi connectivity index (χ2n) is 0.789. The zero-order chi connectivity index (χ0) is 3.41.